The maximum atomic E-state index is 12.5. The number of fused-ring (bicyclic) bond motifs is 3. The van der Waals surface area contributed by atoms with Crippen molar-refractivity contribution in [3.63, 3.8) is 0 Å². The van der Waals surface area contributed by atoms with Crippen LogP contribution in [-0.4, -0.2) is 46.2 Å². The van der Waals surface area contributed by atoms with E-state index in [1.165, 1.54) is 7.11 Å². The first kappa shape index (κ1) is 10.8. The van der Waals surface area contributed by atoms with Crippen molar-refractivity contribution in [3.8, 4) is 0 Å². The normalized spacial score (nSPS) is 20.8. The van der Waals surface area contributed by atoms with Crippen LogP contribution in [0.25, 0.3) is 0 Å². The molecular weight excluding hydrogens is 246 g/mol. The summed E-state index contributed by atoms with van der Waals surface area (Å²) >= 11 is 0. The summed E-state index contributed by atoms with van der Waals surface area (Å²) in [5.41, 5.74) is 1.11. The van der Waals surface area contributed by atoms with Gasteiger partial charge in [0.25, 0.3) is 0 Å². The standard InChI is InChI=1S/C13H13N3O3/c1-19-13-10(15-5-6-15)11(17)8-9(12(13)18)16-4-2-3-7(16)14-8/h2-6H2,1H3. The first-order chi connectivity index (χ1) is 9.22. The Balaban J connectivity index is 1.94. The van der Waals surface area contributed by atoms with Crippen molar-refractivity contribution in [2.75, 3.05) is 20.2 Å². The molecule has 0 unspecified atom stereocenters. The summed E-state index contributed by atoms with van der Waals surface area (Å²) in [6.07, 6.45) is 1.80. The molecule has 1 fully saturated rings. The van der Waals surface area contributed by atoms with Gasteiger partial charge in [0.05, 0.1) is 7.11 Å². The van der Waals surface area contributed by atoms with E-state index in [2.05, 4.69) is 4.98 Å². The number of hydrogen-bond donors (Lipinski definition) is 0. The van der Waals surface area contributed by atoms with Crippen LogP contribution in [0.5, 0.6) is 0 Å². The zero-order valence-corrected chi connectivity index (χ0v) is 10.6. The van der Waals surface area contributed by atoms with E-state index >= 15 is 0 Å². The number of carbonyl (C=O) groups excluding carboxylic acids is 2. The monoisotopic (exact) mass is 259 g/mol. The van der Waals surface area contributed by atoms with E-state index in [1.54, 1.807) is 0 Å². The molecular formula is C13H13N3O3. The summed E-state index contributed by atoms with van der Waals surface area (Å²) in [5, 5.41) is 0. The third-order valence-corrected chi connectivity index (χ3v) is 3.86. The maximum Gasteiger partial charge on any atom is 0.248 e. The summed E-state index contributed by atoms with van der Waals surface area (Å²) < 4.78 is 7.07. The van der Waals surface area contributed by atoms with Crippen LogP contribution in [0.2, 0.25) is 0 Å². The number of rotatable bonds is 2. The Labute approximate surface area is 109 Å². The molecule has 3 aliphatic rings. The van der Waals surface area contributed by atoms with Crippen LogP contribution in [0, 0.1) is 0 Å². The van der Waals surface area contributed by atoms with Gasteiger partial charge in [-0.1, -0.05) is 0 Å². The van der Waals surface area contributed by atoms with E-state index in [0.717, 1.165) is 38.3 Å². The number of hydrogen-bond acceptors (Lipinski definition) is 5. The number of ether oxygens (including phenoxy) is 1. The van der Waals surface area contributed by atoms with Gasteiger partial charge in [-0.05, 0) is 6.42 Å². The fraction of sp³-hybridized carbons (Fsp3) is 0.462. The first-order valence-electron chi connectivity index (χ1n) is 6.44. The van der Waals surface area contributed by atoms with E-state index in [-0.39, 0.29) is 17.3 Å². The molecule has 1 saturated heterocycles. The Morgan fingerprint density at radius 3 is 2.63 bits per heavy atom. The lowest BCUT2D eigenvalue weighted by Crippen LogP contribution is -2.28. The number of Topliss-reactive ketones (excluding diaryl/α,β-unsaturated/α-hetero) is 2. The first-order valence-corrected chi connectivity index (χ1v) is 6.44. The third kappa shape index (κ3) is 1.28. The number of carbonyl (C=O) groups is 2. The van der Waals surface area contributed by atoms with Crippen molar-refractivity contribution in [2.45, 2.75) is 19.4 Å². The molecule has 19 heavy (non-hydrogen) atoms. The van der Waals surface area contributed by atoms with Crippen LogP contribution in [0.15, 0.2) is 11.5 Å². The van der Waals surface area contributed by atoms with E-state index in [9.17, 15) is 9.59 Å². The van der Waals surface area contributed by atoms with E-state index in [0.29, 0.717) is 17.1 Å². The molecule has 1 aromatic rings. The number of methoxy groups -OCH3 is 1. The van der Waals surface area contributed by atoms with Gasteiger partial charge in [0.2, 0.25) is 11.6 Å². The lowest BCUT2D eigenvalue weighted by molar-refractivity contribution is 0.0881. The fourth-order valence-corrected chi connectivity index (χ4v) is 2.90. The van der Waals surface area contributed by atoms with Crippen molar-refractivity contribution < 1.29 is 14.3 Å². The van der Waals surface area contributed by atoms with Crippen molar-refractivity contribution >= 4 is 11.6 Å². The molecule has 0 amide bonds. The van der Waals surface area contributed by atoms with Crippen LogP contribution in [0.3, 0.4) is 0 Å². The fourth-order valence-electron chi connectivity index (χ4n) is 2.90. The second kappa shape index (κ2) is 3.46. The van der Waals surface area contributed by atoms with Gasteiger partial charge in [0.1, 0.15) is 22.9 Å². The average molecular weight is 259 g/mol. The van der Waals surface area contributed by atoms with Gasteiger partial charge >= 0.3 is 0 Å². The Morgan fingerprint density at radius 1 is 1.16 bits per heavy atom. The highest BCUT2D eigenvalue weighted by Gasteiger charge is 2.43. The molecule has 3 heterocycles. The van der Waals surface area contributed by atoms with Gasteiger partial charge in [0.15, 0.2) is 5.76 Å². The number of aryl methyl sites for hydroxylation is 1. The molecule has 2 aliphatic heterocycles. The molecule has 6 heteroatoms. The van der Waals surface area contributed by atoms with Gasteiger partial charge in [0, 0.05) is 26.1 Å². The minimum atomic E-state index is -0.209. The molecule has 0 atom stereocenters. The largest absolute Gasteiger partial charge is 0.491 e. The highest BCUT2D eigenvalue weighted by atomic mass is 16.5. The Kier molecular flexibility index (Phi) is 1.97. The molecule has 4 rings (SSSR count). The van der Waals surface area contributed by atoms with Crippen LogP contribution in [0.1, 0.15) is 33.2 Å². The zero-order valence-electron chi connectivity index (χ0n) is 10.6. The van der Waals surface area contributed by atoms with Gasteiger partial charge in [-0.2, -0.15) is 0 Å². The predicted octanol–water partition coefficient (Wildman–Crippen LogP) is 0.382. The molecule has 0 spiro atoms. The number of ketones is 2. The highest BCUT2D eigenvalue weighted by Crippen LogP contribution is 2.33. The molecule has 0 bridgehead atoms. The molecule has 6 nitrogen and oxygen atoms in total. The highest BCUT2D eigenvalue weighted by molar-refractivity contribution is 6.24. The third-order valence-electron chi connectivity index (χ3n) is 3.86. The molecule has 1 aromatic heterocycles. The van der Waals surface area contributed by atoms with E-state index in [1.807, 2.05) is 9.47 Å². The molecule has 98 valence electrons. The van der Waals surface area contributed by atoms with Gasteiger partial charge in [-0.15, -0.1) is 0 Å². The van der Waals surface area contributed by atoms with E-state index in [4.69, 9.17) is 4.74 Å². The number of imidazole rings is 1. The maximum absolute atomic E-state index is 12.5. The zero-order chi connectivity index (χ0) is 13.1. The van der Waals surface area contributed by atoms with Crippen LogP contribution < -0.4 is 0 Å². The summed E-state index contributed by atoms with van der Waals surface area (Å²) in [7, 11) is 1.44. The van der Waals surface area contributed by atoms with Crippen molar-refractivity contribution in [2.24, 2.45) is 0 Å². The van der Waals surface area contributed by atoms with Crippen molar-refractivity contribution in [1.29, 1.82) is 0 Å². The minimum absolute atomic E-state index is 0.171. The topological polar surface area (TPSA) is 64.2 Å². The van der Waals surface area contributed by atoms with Crippen LogP contribution in [0.4, 0.5) is 0 Å². The number of aromatic nitrogens is 2. The van der Waals surface area contributed by atoms with Gasteiger partial charge in [-0.3, -0.25) is 9.59 Å². The average Bonchev–Trinajstić information content (AvgIpc) is 3.00. The minimum Gasteiger partial charge on any atom is -0.491 e. The summed E-state index contributed by atoms with van der Waals surface area (Å²) in [5.74, 6) is 0.629. The smallest absolute Gasteiger partial charge is 0.248 e. The number of allylic oxidation sites excluding steroid dienone is 2. The van der Waals surface area contributed by atoms with Crippen molar-refractivity contribution in [1.82, 2.24) is 14.5 Å². The quantitative estimate of drug-likeness (QED) is 0.718. The van der Waals surface area contributed by atoms with Gasteiger partial charge in [-0.25, -0.2) is 4.98 Å². The molecule has 0 radical (unpaired) electrons. The van der Waals surface area contributed by atoms with Crippen LogP contribution >= 0.6 is 0 Å². The summed E-state index contributed by atoms with van der Waals surface area (Å²) in [4.78, 5) is 31.3. The van der Waals surface area contributed by atoms with Gasteiger partial charge < -0.3 is 14.2 Å². The summed E-state index contributed by atoms with van der Waals surface area (Å²) in [6, 6.07) is 0. The SMILES string of the molecule is COC1=C(N2CC2)C(=O)c2nc3n(c2C1=O)CCC3. The second-order valence-corrected chi connectivity index (χ2v) is 5.01. The lowest BCUT2D eigenvalue weighted by atomic mass is 10.00. The lowest BCUT2D eigenvalue weighted by Gasteiger charge is -2.18. The van der Waals surface area contributed by atoms with Crippen molar-refractivity contribution in [3.05, 3.63) is 28.7 Å². The molecule has 0 saturated carbocycles. The Hall–Kier alpha value is -2.11. The number of nitrogens with zero attached hydrogens (tertiary/aromatic N) is 3. The Morgan fingerprint density at radius 2 is 1.95 bits per heavy atom. The second-order valence-electron chi connectivity index (χ2n) is 5.01. The van der Waals surface area contributed by atoms with Crippen LogP contribution in [-0.2, 0) is 17.7 Å². The predicted molar refractivity (Wildman–Crippen MR) is 64.8 cm³/mol. The van der Waals surface area contributed by atoms with E-state index < -0.39 is 0 Å². The summed E-state index contributed by atoms with van der Waals surface area (Å²) in [6.45, 7) is 2.35. The Bertz CT molecular complexity index is 652. The molecule has 0 N–H and O–H groups in total. The molecule has 0 aromatic carbocycles. The molecule has 1 aliphatic carbocycles.